The van der Waals surface area contributed by atoms with Crippen molar-refractivity contribution in [1.82, 2.24) is 14.5 Å². The maximum Gasteiger partial charge on any atom is 0.417 e. The SMILES string of the molecule is Nc1cc2oc(=O)[nH]c2cc1N1CCn2ccnc2C1. The van der Waals surface area contributed by atoms with Crippen LogP contribution in [0.15, 0.2) is 33.7 Å². The molecule has 102 valence electrons. The van der Waals surface area contributed by atoms with E-state index in [1.54, 1.807) is 12.3 Å². The summed E-state index contributed by atoms with van der Waals surface area (Å²) < 4.78 is 7.14. The Bertz CT molecular complexity index is 844. The molecule has 0 radical (unpaired) electrons. The molecule has 0 amide bonds. The molecule has 0 atom stereocenters. The van der Waals surface area contributed by atoms with Gasteiger partial charge in [-0.2, -0.15) is 0 Å². The molecule has 1 aliphatic heterocycles. The number of hydrogen-bond donors (Lipinski definition) is 2. The van der Waals surface area contributed by atoms with E-state index < -0.39 is 5.76 Å². The monoisotopic (exact) mass is 271 g/mol. The number of nitrogen functional groups attached to an aromatic ring is 1. The zero-order valence-electron chi connectivity index (χ0n) is 10.7. The molecular formula is C13H13N5O2. The second-order valence-corrected chi connectivity index (χ2v) is 4.88. The molecule has 3 N–H and O–H groups in total. The molecule has 1 aromatic carbocycles. The van der Waals surface area contributed by atoms with Gasteiger partial charge in [0.25, 0.3) is 0 Å². The van der Waals surface area contributed by atoms with Gasteiger partial charge in [0.1, 0.15) is 5.82 Å². The Morgan fingerprint density at radius 3 is 3.15 bits per heavy atom. The molecule has 7 heteroatoms. The molecule has 0 spiro atoms. The predicted octanol–water partition coefficient (Wildman–Crippen LogP) is 0.920. The first kappa shape index (κ1) is 11.2. The molecule has 0 unspecified atom stereocenters. The van der Waals surface area contributed by atoms with Crippen LogP contribution in [0.1, 0.15) is 5.82 Å². The Hall–Kier alpha value is -2.70. The molecule has 3 heterocycles. The molecule has 0 bridgehead atoms. The predicted molar refractivity (Wildman–Crippen MR) is 74.5 cm³/mol. The third kappa shape index (κ3) is 1.59. The van der Waals surface area contributed by atoms with Crippen LogP contribution in [0.4, 0.5) is 11.4 Å². The first-order valence-corrected chi connectivity index (χ1v) is 6.38. The average molecular weight is 271 g/mol. The topological polar surface area (TPSA) is 93.1 Å². The van der Waals surface area contributed by atoms with Gasteiger partial charge in [-0.05, 0) is 6.07 Å². The minimum Gasteiger partial charge on any atom is -0.408 e. The second-order valence-electron chi connectivity index (χ2n) is 4.88. The van der Waals surface area contributed by atoms with Crippen LogP contribution in [0.2, 0.25) is 0 Å². The Kier molecular flexibility index (Phi) is 2.17. The van der Waals surface area contributed by atoms with Gasteiger partial charge >= 0.3 is 5.76 Å². The minimum atomic E-state index is -0.467. The second kappa shape index (κ2) is 3.89. The van der Waals surface area contributed by atoms with E-state index in [2.05, 4.69) is 19.4 Å². The lowest BCUT2D eigenvalue weighted by molar-refractivity contribution is 0.555. The highest BCUT2D eigenvalue weighted by Crippen LogP contribution is 2.30. The van der Waals surface area contributed by atoms with Crippen molar-refractivity contribution < 1.29 is 4.42 Å². The van der Waals surface area contributed by atoms with Gasteiger partial charge in [0.2, 0.25) is 0 Å². The molecule has 2 aromatic heterocycles. The van der Waals surface area contributed by atoms with Crippen molar-refractivity contribution in [1.29, 1.82) is 0 Å². The summed E-state index contributed by atoms with van der Waals surface area (Å²) in [5.74, 6) is 0.544. The maximum atomic E-state index is 11.2. The van der Waals surface area contributed by atoms with E-state index in [4.69, 9.17) is 10.2 Å². The number of hydrogen-bond acceptors (Lipinski definition) is 5. The Balaban J connectivity index is 1.78. The Labute approximate surface area is 113 Å². The van der Waals surface area contributed by atoms with Crippen molar-refractivity contribution in [3.05, 3.63) is 40.9 Å². The number of anilines is 2. The van der Waals surface area contributed by atoms with Crippen molar-refractivity contribution in [2.75, 3.05) is 17.2 Å². The van der Waals surface area contributed by atoms with Gasteiger partial charge in [0, 0.05) is 31.5 Å². The van der Waals surface area contributed by atoms with Crippen LogP contribution in [0.3, 0.4) is 0 Å². The average Bonchev–Trinajstić information content (AvgIpc) is 3.01. The number of fused-ring (bicyclic) bond motifs is 2. The van der Waals surface area contributed by atoms with E-state index in [1.165, 1.54) is 0 Å². The molecule has 4 rings (SSSR count). The smallest absolute Gasteiger partial charge is 0.408 e. The van der Waals surface area contributed by atoms with Gasteiger partial charge in [-0.3, -0.25) is 4.98 Å². The number of aromatic amines is 1. The van der Waals surface area contributed by atoms with E-state index >= 15 is 0 Å². The summed E-state index contributed by atoms with van der Waals surface area (Å²) in [6.45, 7) is 2.42. The number of rotatable bonds is 1. The number of aromatic nitrogens is 3. The highest BCUT2D eigenvalue weighted by molar-refractivity contribution is 5.85. The molecular weight excluding hydrogens is 258 g/mol. The molecule has 0 saturated heterocycles. The largest absolute Gasteiger partial charge is 0.417 e. The van der Waals surface area contributed by atoms with Crippen LogP contribution in [0.5, 0.6) is 0 Å². The molecule has 3 aromatic rings. The summed E-state index contributed by atoms with van der Waals surface area (Å²) in [5.41, 5.74) is 8.71. The molecule has 0 fully saturated rings. The summed E-state index contributed by atoms with van der Waals surface area (Å²) in [4.78, 5) is 20.4. The lowest BCUT2D eigenvalue weighted by Gasteiger charge is -2.30. The zero-order chi connectivity index (χ0) is 13.7. The lowest BCUT2D eigenvalue weighted by atomic mass is 10.2. The first-order valence-electron chi connectivity index (χ1n) is 6.38. The normalized spacial score (nSPS) is 14.7. The minimum absolute atomic E-state index is 0.467. The summed E-state index contributed by atoms with van der Waals surface area (Å²) in [6.07, 6.45) is 3.78. The Morgan fingerprint density at radius 1 is 1.35 bits per heavy atom. The molecule has 1 aliphatic rings. The van der Waals surface area contributed by atoms with E-state index in [9.17, 15) is 4.79 Å². The highest BCUT2D eigenvalue weighted by atomic mass is 16.4. The summed E-state index contributed by atoms with van der Waals surface area (Å²) in [6, 6.07) is 3.54. The third-order valence-electron chi connectivity index (χ3n) is 3.65. The number of imidazole rings is 1. The fourth-order valence-corrected chi connectivity index (χ4v) is 2.65. The third-order valence-corrected chi connectivity index (χ3v) is 3.65. The van der Waals surface area contributed by atoms with Crippen LogP contribution >= 0.6 is 0 Å². The molecule has 0 aliphatic carbocycles. The Morgan fingerprint density at radius 2 is 2.25 bits per heavy atom. The van der Waals surface area contributed by atoms with Gasteiger partial charge in [-0.1, -0.05) is 0 Å². The molecule has 0 saturated carbocycles. The van der Waals surface area contributed by atoms with Gasteiger partial charge in [0.15, 0.2) is 5.58 Å². The number of benzene rings is 1. The number of nitrogens with one attached hydrogen (secondary N) is 1. The van der Waals surface area contributed by atoms with Crippen molar-refractivity contribution in [3.63, 3.8) is 0 Å². The van der Waals surface area contributed by atoms with Crippen molar-refractivity contribution in [3.8, 4) is 0 Å². The summed E-state index contributed by atoms with van der Waals surface area (Å²) in [5, 5.41) is 0. The first-order chi connectivity index (χ1) is 9.70. The van der Waals surface area contributed by atoms with Crippen LogP contribution in [-0.2, 0) is 13.1 Å². The van der Waals surface area contributed by atoms with E-state index in [1.807, 2.05) is 12.3 Å². The fourth-order valence-electron chi connectivity index (χ4n) is 2.65. The highest BCUT2D eigenvalue weighted by Gasteiger charge is 2.19. The maximum absolute atomic E-state index is 11.2. The number of nitrogens with two attached hydrogens (primary N) is 1. The van der Waals surface area contributed by atoms with E-state index in [-0.39, 0.29) is 0 Å². The number of H-pyrrole nitrogens is 1. The fraction of sp³-hybridized carbons (Fsp3) is 0.231. The standard InChI is InChI=1S/C13H13N5O2/c14-8-5-11-9(16-13(19)20-11)6-10(8)18-4-3-17-2-1-15-12(17)7-18/h1-2,5-6H,3-4,7,14H2,(H,16,19). The van der Waals surface area contributed by atoms with Crippen molar-refractivity contribution >= 4 is 22.5 Å². The zero-order valence-corrected chi connectivity index (χ0v) is 10.7. The van der Waals surface area contributed by atoms with Gasteiger partial charge in [-0.25, -0.2) is 9.78 Å². The van der Waals surface area contributed by atoms with Crippen LogP contribution < -0.4 is 16.4 Å². The van der Waals surface area contributed by atoms with E-state index in [0.29, 0.717) is 23.3 Å². The summed E-state index contributed by atoms with van der Waals surface area (Å²) >= 11 is 0. The van der Waals surface area contributed by atoms with Gasteiger partial charge in [-0.15, -0.1) is 0 Å². The van der Waals surface area contributed by atoms with Crippen LogP contribution in [0.25, 0.3) is 11.1 Å². The lowest BCUT2D eigenvalue weighted by Crippen LogP contribution is -2.34. The summed E-state index contributed by atoms with van der Waals surface area (Å²) in [7, 11) is 0. The van der Waals surface area contributed by atoms with Gasteiger partial charge < -0.3 is 19.6 Å². The van der Waals surface area contributed by atoms with Crippen molar-refractivity contribution in [2.24, 2.45) is 0 Å². The molecule has 7 nitrogen and oxygen atoms in total. The van der Waals surface area contributed by atoms with E-state index in [0.717, 1.165) is 24.6 Å². The number of nitrogens with zero attached hydrogens (tertiary/aromatic N) is 3. The van der Waals surface area contributed by atoms with Gasteiger partial charge in [0.05, 0.1) is 23.4 Å². The van der Waals surface area contributed by atoms with Crippen LogP contribution in [-0.4, -0.2) is 21.1 Å². The van der Waals surface area contributed by atoms with Crippen molar-refractivity contribution in [2.45, 2.75) is 13.1 Å². The quantitative estimate of drug-likeness (QED) is 0.642. The number of oxazole rings is 1. The van der Waals surface area contributed by atoms with Crippen LogP contribution in [0, 0.1) is 0 Å². The molecule has 20 heavy (non-hydrogen) atoms.